The Labute approximate surface area is 123 Å². The monoisotopic (exact) mass is 291 g/mol. The minimum atomic E-state index is -0.151. The van der Waals surface area contributed by atoms with E-state index in [1.807, 2.05) is 12.1 Å². The molecule has 4 nitrogen and oxygen atoms in total. The average molecular weight is 292 g/mol. The molecular formula is C15H18ClN3O. The predicted octanol–water partition coefficient (Wildman–Crippen LogP) is 3.01. The maximum Gasteiger partial charge on any atom is 0.253 e. The molecule has 0 aliphatic rings. The standard InChI is InChI=1S/C15H18ClN3O/c1-10(2)8-11(9-16)19-15(20)12-4-3-5-13-14(12)18-7-6-17-13/h3-7,10-11H,8-9H2,1-2H3,(H,19,20). The van der Waals surface area contributed by atoms with Crippen molar-refractivity contribution in [2.75, 3.05) is 5.88 Å². The number of hydrogen-bond acceptors (Lipinski definition) is 3. The molecule has 1 atom stereocenters. The fraction of sp³-hybridized carbons (Fsp3) is 0.400. The zero-order valence-corrected chi connectivity index (χ0v) is 12.4. The van der Waals surface area contributed by atoms with Crippen LogP contribution in [0.5, 0.6) is 0 Å². The Morgan fingerprint density at radius 1 is 1.30 bits per heavy atom. The van der Waals surface area contributed by atoms with Crippen molar-refractivity contribution < 1.29 is 4.79 Å². The molecule has 106 valence electrons. The van der Waals surface area contributed by atoms with Crippen LogP contribution in [0.2, 0.25) is 0 Å². The lowest BCUT2D eigenvalue weighted by Gasteiger charge is -2.18. The number of aromatic nitrogens is 2. The minimum absolute atomic E-state index is 0.0314. The average Bonchev–Trinajstić information content (AvgIpc) is 2.45. The predicted molar refractivity (Wildman–Crippen MR) is 81.0 cm³/mol. The van der Waals surface area contributed by atoms with E-state index in [0.717, 1.165) is 6.42 Å². The van der Waals surface area contributed by atoms with E-state index in [1.54, 1.807) is 18.5 Å². The first kappa shape index (κ1) is 14.7. The lowest BCUT2D eigenvalue weighted by atomic mass is 10.0. The highest BCUT2D eigenvalue weighted by Gasteiger charge is 2.16. The van der Waals surface area contributed by atoms with Gasteiger partial charge in [0.1, 0.15) is 5.52 Å². The van der Waals surface area contributed by atoms with Gasteiger partial charge in [0, 0.05) is 24.3 Å². The normalized spacial score (nSPS) is 12.6. The highest BCUT2D eigenvalue weighted by atomic mass is 35.5. The Balaban J connectivity index is 2.23. The highest BCUT2D eigenvalue weighted by molar-refractivity contribution is 6.18. The van der Waals surface area contributed by atoms with Crippen molar-refractivity contribution in [2.24, 2.45) is 5.92 Å². The second kappa shape index (κ2) is 6.66. The van der Waals surface area contributed by atoms with Crippen molar-refractivity contribution in [3.8, 4) is 0 Å². The van der Waals surface area contributed by atoms with Crippen LogP contribution in [0, 0.1) is 5.92 Å². The lowest BCUT2D eigenvalue weighted by Crippen LogP contribution is -2.37. The molecule has 0 aliphatic carbocycles. The van der Waals surface area contributed by atoms with Gasteiger partial charge >= 0.3 is 0 Å². The van der Waals surface area contributed by atoms with Crippen molar-refractivity contribution in [1.29, 1.82) is 0 Å². The number of fused-ring (bicyclic) bond motifs is 1. The van der Waals surface area contributed by atoms with E-state index in [2.05, 4.69) is 29.1 Å². The first-order valence-electron chi connectivity index (χ1n) is 6.68. The SMILES string of the molecule is CC(C)CC(CCl)NC(=O)c1cccc2nccnc12. The number of carbonyl (C=O) groups is 1. The number of halogens is 1. The van der Waals surface area contributed by atoms with Crippen LogP contribution in [0.15, 0.2) is 30.6 Å². The Hall–Kier alpha value is -1.68. The van der Waals surface area contributed by atoms with Crippen molar-refractivity contribution in [3.05, 3.63) is 36.2 Å². The molecule has 0 radical (unpaired) electrons. The zero-order valence-electron chi connectivity index (χ0n) is 11.6. The summed E-state index contributed by atoms with van der Waals surface area (Å²) in [4.78, 5) is 20.8. The van der Waals surface area contributed by atoms with Gasteiger partial charge in [0.15, 0.2) is 0 Å². The summed E-state index contributed by atoms with van der Waals surface area (Å²) in [5.41, 5.74) is 1.87. The summed E-state index contributed by atoms with van der Waals surface area (Å²) in [6, 6.07) is 5.37. The fourth-order valence-corrected chi connectivity index (χ4v) is 2.37. The topological polar surface area (TPSA) is 54.9 Å². The van der Waals surface area contributed by atoms with Crippen LogP contribution in [-0.2, 0) is 0 Å². The van der Waals surface area contributed by atoms with E-state index in [1.165, 1.54) is 0 Å². The Morgan fingerprint density at radius 3 is 2.75 bits per heavy atom. The van der Waals surface area contributed by atoms with E-state index in [9.17, 15) is 4.79 Å². The Bertz CT molecular complexity index is 595. The van der Waals surface area contributed by atoms with Gasteiger partial charge in [-0.1, -0.05) is 19.9 Å². The molecule has 0 fully saturated rings. The minimum Gasteiger partial charge on any atom is -0.348 e. The van der Waals surface area contributed by atoms with Crippen LogP contribution in [-0.4, -0.2) is 27.8 Å². The fourth-order valence-electron chi connectivity index (χ4n) is 2.17. The van der Waals surface area contributed by atoms with Crippen molar-refractivity contribution in [3.63, 3.8) is 0 Å². The van der Waals surface area contributed by atoms with Gasteiger partial charge in [0.05, 0.1) is 11.1 Å². The first-order valence-corrected chi connectivity index (χ1v) is 7.21. The highest BCUT2D eigenvalue weighted by Crippen LogP contribution is 2.15. The Morgan fingerprint density at radius 2 is 2.05 bits per heavy atom. The quantitative estimate of drug-likeness (QED) is 0.862. The number of alkyl halides is 1. The van der Waals surface area contributed by atoms with E-state index < -0.39 is 0 Å². The molecule has 1 aromatic carbocycles. The molecule has 20 heavy (non-hydrogen) atoms. The van der Waals surface area contributed by atoms with Crippen LogP contribution in [0.25, 0.3) is 11.0 Å². The second-order valence-corrected chi connectivity index (χ2v) is 5.49. The third-order valence-corrected chi connectivity index (χ3v) is 3.39. The number of nitrogens with one attached hydrogen (secondary N) is 1. The summed E-state index contributed by atoms with van der Waals surface area (Å²) >= 11 is 5.92. The van der Waals surface area contributed by atoms with E-state index in [0.29, 0.717) is 28.4 Å². The van der Waals surface area contributed by atoms with Crippen LogP contribution in [0.4, 0.5) is 0 Å². The summed E-state index contributed by atoms with van der Waals surface area (Å²) in [7, 11) is 0. The van der Waals surface area contributed by atoms with Gasteiger partial charge < -0.3 is 5.32 Å². The molecule has 1 unspecified atom stereocenters. The molecular weight excluding hydrogens is 274 g/mol. The first-order chi connectivity index (χ1) is 9.61. The number of amides is 1. The molecule has 2 rings (SSSR count). The molecule has 2 aromatic rings. The number of nitrogens with zero attached hydrogens (tertiary/aromatic N) is 2. The van der Waals surface area contributed by atoms with Crippen LogP contribution >= 0.6 is 11.6 Å². The molecule has 0 saturated carbocycles. The number of rotatable bonds is 5. The van der Waals surface area contributed by atoms with Crippen molar-refractivity contribution >= 4 is 28.5 Å². The maximum absolute atomic E-state index is 12.4. The third-order valence-electron chi connectivity index (χ3n) is 3.02. The maximum atomic E-state index is 12.4. The van der Waals surface area contributed by atoms with Gasteiger partial charge in [-0.2, -0.15) is 0 Å². The largest absolute Gasteiger partial charge is 0.348 e. The van der Waals surface area contributed by atoms with Crippen molar-refractivity contribution in [1.82, 2.24) is 15.3 Å². The van der Waals surface area contributed by atoms with Gasteiger partial charge in [-0.05, 0) is 24.5 Å². The van der Waals surface area contributed by atoms with Crippen LogP contribution < -0.4 is 5.32 Å². The Kier molecular flexibility index (Phi) is 4.90. The molecule has 0 aliphatic heterocycles. The molecule has 1 amide bonds. The molecule has 1 heterocycles. The van der Waals surface area contributed by atoms with Gasteiger partial charge in [-0.15, -0.1) is 11.6 Å². The van der Waals surface area contributed by atoms with E-state index in [-0.39, 0.29) is 11.9 Å². The molecule has 0 spiro atoms. The molecule has 0 saturated heterocycles. The van der Waals surface area contributed by atoms with Gasteiger partial charge in [0.25, 0.3) is 5.91 Å². The number of para-hydroxylation sites is 1. The van der Waals surface area contributed by atoms with Gasteiger partial charge in [0.2, 0.25) is 0 Å². The summed E-state index contributed by atoms with van der Waals surface area (Å²) in [6.07, 6.45) is 4.06. The lowest BCUT2D eigenvalue weighted by molar-refractivity contribution is 0.0938. The summed E-state index contributed by atoms with van der Waals surface area (Å²) in [6.45, 7) is 4.21. The number of hydrogen-bond donors (Lipinski definition) is 1. The summed E-state index contributed by atoms with van der Waals surface area (Å²) in [5, 5.41) is 2.97. The van der Waals surface area contributed by atoms with Crippen LogP contribution in [0.3, 0.4) is 0 Å². The van der Waals surface area contributed by atoms with E-state index >= 15 is 0 Å². The molecule has 5 heteroatoms. The number of benzene rings is 1. The molecule has 0 bridgehead atoms. The summed E-state index contributed by atoms with van der Waals surface area (Å²) in [5.74, 6) is 0.731. The van der Waals surface area contributed by atoms with E-state index in [4.69, 9.17) is 11.6 Å². The smallest absolute Gasteiger partial charge is 0.253 e. The van der Waals surface area contributed by atoms with Gasteiger partial charge in [-0.25, -0.2) is 0 Å². The summed E-state index contributed by atoms with van der Waals surface area (Å²) < 4.78 is 0. The van der Waals surface area contributed by atoms with Crippen LogP contribution in [0.1, 0.15) is 30.6 Å². The number of carbonyl (C=O) groups excluding carboxylic acids is 1. The van der Waals surface area contributed by atoms with Crippen molar-refractivity contribution in [2.45, 2.75) is 26.3 Å². The third kappa shape index (κ3) is 3.45. The second-order valence-electron chi connectivity index (χ2n) is 5.18. The zero-order chi connectivity index (χ0) is 14.5. The molecule has 1 N–H and O–H groups in total. The van der Waals surface area contributed by atoms with Gasteiger partial charge in [-0.3, -0.25) is 14.8 Å². The molecule has 1 aromatic heterocycles.